The van der Waals surface area contributed by atoms with Gasteiger partial charge in [-0.2, -0.15) is 4.57 Å². The maximum Gasteiger partial charge on any atom is 0.238 e. The molecule has 1 heterocycles. The van der Waals surface area contributed by atoms with Crippen LogP contribution in [0.15, 0.2) is 77.5 Å². The van der Waals surface area contributed by atoms with Crippen LogP contribution in [0.5, 0.6) is 5.75 Å². The number of aromatic nitrogens is 1. The second kappa shape index (κ2) is 9.62. The molecule has 0 fully saturated rings. The number of pyridine rings is 1. The van der Waals surface area contributed by atoms with Crippen LogP contribution in [-0.2, 0) is 5.41 Å². The van der Waals surface area contributed by atoms with Gasteiger partial charge in [0.05, 0.1) is 7.11 Å². The van der Waals surface area contributed by atoms with Crippen LogP contribution in [0.25, 0.3) is 11.5 Å². The zero-order chi connectivity index (χ0) is 22.6. The topological polar surface area (TPSA) is 48.2 Å². The van der Waals surface area contributed by atoms with E-state index in [2.05, 4.69) is 42.0 Å². The Morgan fingerprint density at radius 1 is 1.03 bits per heavy atom. The average molecular weight is 497 g/mol. The largest absolute Gasteiger partial charge is 0.867 e. The first kappa shape index (κ1) is 23.0. The molecule has 1 aromatic heterocycles. The minimum absolute atomic E-state index is 0.00503. The summed E-state index contributed by atoms with van der Waals surface area (Å²) in [6.07, 6.45) is 3.76. The number of anilines is 1. The Hall–Kier alpha value is -2.70. The summed E-state index contributed by atoms with van der Waals surface area (Å²) in [5, 5.41) is 16.8. The summed E-state index contributed by atoms with van der Waals surface area (Å²) in [5.41, 5.74) is 2.83. The van der Waals surface area contributed by atoms with Crippen molar-refractivity contribution in [2.45, 2.75) is 26.2 Å². The number of thiocarbonyl (C=S) groups is 1. The van der Waals surface area contributed by atoms with Crippen molar-refractivity contribution in [2.75, 3.05) is 12.4 Å². The van der Waals surface area contributed by atoms with Crippen molar-refractivity contribution in [1.82, 2.24) is 0 Å². The zero-order valence-electron chi connectivity index (χ0n) is 18.0. The van der Waals surface area contributed by atoms with Gasteiger partial charge >= 0.3 is 0 Å². The van der Waals surface area contributed by atoms with Crippen LogP contribution in [0.4, 0.5) is 5.69 Å². The van der Waals surface area contributed by atoms with Crippen molar-refractivity contribution in [3.63, 3.8) is 0 Å². The standard InChI is InChI=1S/C25H25BrN2O2S/c1-25(2,3)17-12-14-28(15-13-17)22(23(29)20-10-5-6-11-21(20)26)24(31)27-18-8-7-9-19(16-18)30-4/h5-16H,1-4H3,(H-,27,29,31). The predicted molar refractivity (Wildman–Crippen MR) is 132 cm³/mol. The number of nitrogens with one attached hydrogen (secondary N) is 1. The van der Waals surface area contributed by atoms with Crippen molar-refractivity contribution >= 4 is 50.3 Å². The van der Waals surface area contributed by atoms with E-state index in [0.717, 1.165) is 5.69 Å². The number of rotatable bonds is 5. The van der Waals surface area contributed by atoms with Crippen molar-refractivity contribution in [1.29, 1.82) is 0 Å². The maximum absolute atomic E-state index is 13.6. The van der Waals surface area contributed by atoms with Gasteiger partial charge in [-0.3, -0.25) is 0 Å². The van der Waals surface area contributed by atoms with Crippen LogP contribution in [0.2, 0.25) is 0 Å². The molecule has 0 amide bonds. The van der Waals surface area contributed by atoms with Crippen molar-refractivity contribution in [2.24, 2.45) is 0 Å². The van der Waals surface area contributed by atoms with Gasteiger partial charge < -0.3 is 15.2 Å². The van der Waals surface area contributed by atoms with E-state index in [0.29, 0.717) is 26.5 Å². The molecule has 0 unspecified atom stereocenters. The second-order valence-electron chi connectivity index (χ2n) is 8.09. The predicted octanol–water partition coefficient (Wildman–Crippen LogP) is 5.17. The summed E-state index contributed by atoms with van der Waals surface area (Å²) in [7, 11) is 1.61. The van der Waals surface area contributed by atoms with E-state index >= 15 is 0 Å². The summed E-state index contributed by atoms with van der Waals surface area (Å²) < 4.78 is 7.78. The van der Waals surface area contributed by atoms with Crippen molar-refractivity contribution < 1.29 is 14.4 Å². The SMILES string of the molecule is COc1cccc(NC(=S)/C(=C(\[O-])c2ccccc2Br)[n+]2ccc(C(C)(C)C)cc2)c1. The highest BCUT2D eigenvalue weighted by atomic mass is 79.9. The molecule has 0 saturated carbocycles. The number of nitrogens with zero attached hydrogens (tertiary/aromatic N) is 1. The Balaban J connectivity index is 2.09. The first-order valence-electron chi connectivity index (χ1n) is 9.84. The molecule has 0 aliphatic heterocycles. The Labute approximate surface area is 197 Å². The lowest BCUT2D eigenvalue weighted by Gasteiger charge is -2.20. The maximum atomic E-state index is 13.6. The fraction of sp³-hybridized carbons (Fsp3) is 0.200. The molecule has 1 N–H and O–H groups in total. The van der Waals surface area contributed by atoms with Gasteiger partial charge in [0.25, 0.3) is 0 Å². The Kier molecular flexibility index (Phi) is 7.13. The third-order valence-electron chi connectivity index (χ3n) is 4.83. The average Bonchev–Trinajstić information content (AvgIpc) is 2.74. The van der Waals surface area contributed by atoms with Crippen LogP contribution in [0.3, 0.4) is 0 Å². The molecule has 6 heteroatoms. The zero-order valence-corrected chi connectivity index (χ0v) is 20.4. The third kappa shape index (κ3) is 5.51. The van der Waals surface area contributed by atoms with Gasteiger partial charge in [0, 0.05) is 28.4 Å². The number of hydrogen-bond acceptors (Lipinski definition) is 3. The second-order valence-corrected chi connectivity index (χ2v) is 9.35. The molecule has 3 aromatic rings. The first-order valence-corrected chi connectivity index (χ1v) is 11.0. The third-order valence-corrected chi connectivity index (χ3v) is 5.82. The highest BCUT2D eigenvalue weighted by Gasteiger charge is 2.22. The first-order chi connectivity index (χ1) is 14.7. The van der Waals surface area contributed by atoms with E-state index in [1.165, 1.54) is 5.56 Å². The smallest absolute Gasteiger partial charge is 0.238 e. The lowest BCUT2D eigenvalue weighted by molar-refractivity contribution is -0.577. The Bertz CT molecular complexity index is 1120. The molecule has 4 nitrogen and oxygen atoms in total. The number of methoxy groups -OCH3 is 1. The fourth-order valence-corrected chi connectivity index (χ4v) is 3.86. The monoisotopic (exact) mass is 496 g/mol. The summed E-state index contributed by atoms with van der Waals surface area (Å²) >= 11 is 9.19. The Morgan fingerprint density at radius 3 is 2.32 bits per heavy atom. The van der Waals surface area contributed by atoms with Gasteiger partial charge in [-0.15, -0.1) is 0 Å². The van der Waals surface area contributed by atoms with Gasteiger partial charge in [-0.05, 0) is 40.5 Å². The highest BCUT2D eigenvalue weighted by molar-refractivity contribution is 9.10. The van der Waals surface area contributed by atoms with Gasteiger partial charge in [-0.1, -0.05) is 73.2 Å². The van der Waals surface area contributed by atoms with E-state index in [1.54, 1.807) is 17.7 Å². The van der Waals surface area contributed by atoms with Crippen LogP contribution >= 0.6 is 28.1 Å². The molecule has 0 aliphatic rings. The molecule has 0 radical (unpaired) electrons. The van der Waals surface area contributed by atoms with Crippen LogP contribution < -0.4 is 19.7 Å². The summed E-state index contributed by atoms with van der Waals surface area (Å²) in [6, 6.07) is 18.8. The molecule has 0 spiro atoms. The molecule has 0 aliphatic carbocycles. The molecule has 0 saturated heterocycles. The van der Waals surface area contributed by atoms with E-state index in [9.17, 15) is 5.11 Å². The van der Waals surface area contributed by atoms with E-state index in [1.807, 2.05) is 67.0 Å². The fourth-order valence-electron chi connectivity index (χ4n) is 3.08. The van der Waals surface area contributed by atoms with Gasteiger partial charge in [-0.25, -0.2) is 0 Å². The lowest BCUT2D eigenvalue weighted by Crippen LogP contribution is -2.40. The molecular formula is C25H25BrN2O2S. The molecule has 0 atom stereocenters. The number of ether oxygens (including phenoxy) is 1. The lowest BCUT2D eigenvalue weighted by atomic mass is 9.88. The summed E-state index contributed by atoms with van der Waals surface area (Å²) in [4.78, 5) is 0.322. The Morgan fingerprint density at radius 2 is 1.71 bits per heavy atom. The van der Waals surface area contributed by atoms with E-state index in [4.69, 9.17) is 17.0 Å². The van der Waals surface area contributed by atoms with Gasteiger partial charge in [0.15, 0.2) is 17.4 Å². The number of halogens is 1. The van der Waals surface area contributed by atoms with Crippen molar-refractivity contribution in [3.05, 3.63) is 88.7 Å². The van der Waals surface area contributed by atoms with Crippen LogP contribution in [-0.4, -0.2) is 12.1 Å². The quantitative estimate of drug-likeness (QED) is 0.229. The summed E-state index contributed by atoms with van der Waals surface area (Å²) in [5.74, 6) is 0.523. The minimum atomic E-state index is -0.179. The molecule has 31 heavy (non-hydrogen) atoms. The van der Waals surface area contributed by atoms with E-state index < -0.39 is 0 Å². The molecule has 3 rings (SSSR count). The van der Waals surface area contributed by atoms with Gasteiger partial charge in [0.1, 0.15) is 5.75 Å². The normalized spacial score (nSPS) is 12.2. The minimum Gasteiger partial charge on any atom is -0.867 e. The number of benzene rings is 2. The van der Waals surface area contributed by atoms with E-state index in [-0.39, 0.29) is 11.2 Å². The molecule has 160 valence electrons. The molecular weight excluding hydrogens is 472 g/mol. The van der Waals surface area contributed by atoms with Crippen molar-refractivity contribution in [3.8, 4) is 5.75 Å². The number of hydrogen-bond donors (Lipinski definition) is 1. The highest BCUT2D eigenvalue weighted by Crippen LogP contribution is 2.26. The van der Waals surface area contributed by atoms with Crippen LogP contribution in [0.1, 0.15) is 31.9 Å². The van der Waals surface area contributed by atoms with Gasteiger partial charge in [0.2, 0.25) is 5.70 Å². The van der Waals surface area contributed by atoms with Crippen LogP contribution in [0, 0.1) is 0 Å². The molecule has 2 aromatic carbocycles. The molecule has 0 bridgehead atoms. The summed E-state index contributed by atoms with van der Waals surface area (Å²) in [6.45, 7) is 6.45.